The summed E-state index contributed by atoms with van der Waals surface area (Å²) >= 11 is 0. The molecule has 1 aromatic rings. The molecule has 0 aromatic heterocycles. The fraction of sp³-hybridized carbons (Fsp3) is 0.429. The van der Waals surface area contributed by atoms with Crippen LogP contribution in [-0.2, 0) is 4.79 Å². The average Bonchev–Trinajstić information content (AvgIpc) is 2.37. The Labute approximate surface area is 113 Å². The Morgan fingerprint density at radius 2 is 1.84 bits per heavy atom. The van der Waals surface area contributed by atoms with Gasteiger partial charge in [0.05, 0.1) is 0 Å². The standard InChI is InChI=1S/C14H20N2O3/c1-4-10(3)12(13(17)18)16-14(19)15-11-7-5-9(2)6-8-11/h5-8,10,12H,4H2,1-3H3,(H,17,18)(H2,15,16,19). The molecule has 3 N–H and O–H groups in total. The molecule has 2 atom stereocenters. The number of rotatable bonds is 5. The first kappa shape index (κ1) is 15.0. The molecular weight excluding hydrogens is 244 g/mol. The number of carboxylic acid groups (broad SMARTS) is 1. The van der Waals surface area contributed by atoms with E-state index in [0.29, 0.717) is 12.1 Å². The molecule has 19 heavy (non-hydrogen) atoms. The van der Waals surface area contributed by atoms with Crippen molar-refractivity contribution in [2.24, 2.45) is 5.92 Å². The monoisotopic (exact) mass is 264 g/mol. The number of aliphatic carboxylic acids is 1. The molecule has 0 spiro atoms. The maximum absolute atomic E-state index is 11.7. The summed E-state index contributed by atoms with van der Waals surface area (Å²) < 4.78 is 0. The fourth-order valence-electron chi connectivity index (χ4n) is 1.63. The van der Waals surface area contributed by atoms with Gasteiger partial charge in [-0.25, -0.2) is 9.59 Å². The SMILES string of the molecule is CCC(C)C(NC(=O)Nc1ccc(C)cc1)C(=O)O. The third kappa shape index (κ3) is 4.62. The van der Waals surface area contributed by atoms with Crippen molar-refractivity contribution in [1.82, 2.24) is 5.32 Å². The zero-order valence-corrected chi connectivity index (χ0v) is 11.4. The first-order valence-electron chi connectivity index (χ1n) is 6.31. The van der Waals surface area contributed by atoms with Crippen LogP contribution in [0.5, 0.6) is 0 Å². The number of carboxylic acids is 1. The number of aryl methyl sites for hydroxylation is 1. The quantitative estimate of drug-likeness (QED) is 0.765. The van der Waals surface area contributed by atoms with Crippen molar-refractivity contribution in [3.05, 3.63) is 29.8 Å². The number of urea groups is 1. The lowest BCUT2D eigenvalue weighted by molar-refractivity contribution is -0.140. The van der Waals surface area contributed by atoms with Crippen LogP contribution < -0.4 is 10.6 Å². The number of nitrogens with one attached hydrogen (secondary N) is 2. The van der Waals surface area contributed by atoms with Gasteiger partial charge in [0, 0.05) is 5.69 Å². The third-order valence-electron chi connectivity index (χ3n) is 3.08. The van der Waals surface area contributed by atoms with Gasteiger partial charge in [0.2, 0.25) is 0 Å². The van der Waals surface area contributed by atoms with E-state index in [-0.39, 0.29) is 5.92 Å². The van der Waals surface area contributed by atoms with Crippen LogP contribution in [0.15, 0.2) is 24.3 Å². The molecule has 5 heteroatoms. The molecule has 1 aromatic carbocycles. The van der Waals surface area contributed by atoms with E-state index in [2.05, 4.69) is 10.6 Å². The highest BCUT2D eigenvalue weighted by molar-refractivity contribution is 5.92. The number of amides is 2. The molecular formula is C14H20N2O3. The van der Waals surface area contributed by atoms with Gasteiger partial charge in [0.15, 0.2) is 0 Å². The van der Waals surface area contributed by atoms with Gasteiger partial charge in [-0.15, -0.1) is 0 Å². The van der Waals surface area contributed by atoms with Crippen LogP contribution in [0.3, 0.4) is 0 Å². The second-order valence-electron chi connectivity index (χ2n) is 4.67. The molecule has 0 saturated heterocycles. The summed E-state index contributed by atoms with van der Waals surface area (Å²) in [6.07, 6.45) is 0.682. The third-order valence-corrected chi connectivity index (χ3v) is 3.08. The Morgan fingerprint density at radius 3 is 2.32 bits per heavy atom. The lowest BCUT2D eigenvalue weighted by atomic mass is 9.99. The lowest BCUT2D eigenvalue weighted by Gasteiger charge is -2.20. The Kier molecular flexibility index (Phi) is 5.36. The predicted octanol–water partition coefficient (Wildman–Crippen LogP) is 2.62. The minimum absolute atomic E-state index is 0.124. The summed E-state index contributed by atoms with van der Waals surface area (Å²) in [6, 6.07) is 5.91. The van der Waals surface area contributed by atoms with E-state index in [1.807, 2.05) is 26.0 Å². The largest absolute Gasteiger partial charge is 0.480 e. The Morgan fingerprint density at radius 1 is 1.26 bits per heavy atom. The molecule has 0 aliphatic rings. The van der Waals surface area contributed by atoms with E-state index in [1.165, 1.54) is 0 Å². The minimum Gasteiger partial charge on any atom is -0.480 e. The normalized spacial score (nSPS) is 13.4. The fourth-order valence-corrected chi connectivity index (χ4v) is 1.63. The maximum atomic E-state index is 11.7. The van der Waals surface area contributed by atoms with E-state index in [4.69, 9.17) is 5.11 Å². The zero-order valence-electron chi connectivity index (χ0n) is 11.4. The number of benzene rings is 1. The van der Waals surface area contributed by atoms with E-state index < -0.39 is 18.0 Å². The van der Waals surface area contributed by atoms with Gasteiger partial charge < -0.3 is 15.7 Å². The highest BCUT2D eigenvalue weighted by Crippen LogP contribution is 2.10. The molecule has 2 amide bonds. The van der Waals surface area contributed by atoms with Gasteiger partial charge in [0.1, 0.15) is 6.04 Å². The Hall–Kier alpha value is -2.04. The average molecular weight is 264 g/mol. The summed E-state index contributed by atoms with van der Waals surface area (Å²) in [6.45, 7) is 5.64. The molecule has 0 heterocycles. The van der Waals surface area contributed by atoms with E-state index in [1.54, 1.807) is 19.1 Å². The van der Waals surface area contributed by atoms with Crippen LogP contribution in [0.2, 0.25) is 0 Å². The Balaban J connectivity index is 2.62. The van der Waals surface area contributed by atoms with Gasteiger partial charge in [0.25, 0.3) is 0 Å². The van der Waals surface area contributed by atoms with Gasteiger partial charge >= 0.3 is 12.0 Å². The number of anilines is 1. The highest BCUT2D eigenvalue weighted by Gasteiger charge is 2.25. The first-order chi connectivity index (χ1) is 8.93. The predicted molar refractivity (Wildman–Crippen MR) is 74.2 cm³/mol. The number of hydrogen-bond donors (Lipinski definition) is 3. The van der Waals surface area contributed by atoms with E-state index in [0.717, 1.165) is 5.56 Å². The molecule has 0 aliphatic heterocycles. The molecule has 5 nitrogen and oxygen atoms in total. The van der Waals surface area contributed by atoms with Gasteiger partial charge in [-0.05, 0) is 25.0 Å². The summed E-state index contributed by atoms with van der Waals surface area (Å²) in [5, 5.41) is 14.2. The summed E-state index contributed by atoms with van der Waals surface area (Å²) in [5.41, 5.74) is 1.73. The van der Waals surface area contributed by atoms with Crippen LogP contribution in [0.4, 0.5) is 10.5 Å². The molecule has 1 rings (SSSR count). The zero-order chi connectivity index (χ0) is 14.4. The van der Waals surface area contributed by atoms with Crippen molar-refractivity contribution in [3.63, 3.8) is 0 Å². The smallest absolute Gasteiger partial charge is 0.326 e. The molecule has 104 valence electrons. The topological polar surface area (TPSA) is 78.4 Å². The van der Waals surface area contributed by atoms with Crippen LogP contribution in [0, 0.1) is 12.8 Å². The lowest BCUT2D eigenvalue weighted by Crippen LogP contribution is -2.46. The van der Waals surface area contributed by atoms with Crippen molar-refractivity contribution in [3.8, 4) is 0 Å². The maximum Gasteiger partial charge on any atom is 0.326 e. The van der Waals surface area contributed by atoms with Crippen molar-refractivity contribution in [2.45, 2.75) is 33.2 Å². The summed E-state index contributed by atoms with van der Waals surface area (Å²) in [4.78, 5) is 22.8. The van der Waals surface area contributed by atoms with Gasteiger partial charge in [-0.2, -0.15) is 0 Å². The Bertz CT molecular complexity index is 443. The highest BCUT2D eigenvalue weighted by atomic mass is 16.4. The van der Waals surface area contributed by atoms with Gasteiger partial charge in [-0.1, -0.05) is 38.0 Å². The summed E-state index contributed by atoms with van der Waals surface area (Å²) in [7, 11) is 0. The van der Waals surface area contributed by atoms with Crippen molar-refractivity contribution in [2.75, 3.05) is 5.32 Å². The molecule has 0 fully saturated rings. The molecule has 0 aliphatic carbocycles. The van der Waals surface area contributed by atoms with Crippen LogP contribution in [0.1, 0.15) is 25.8 Å². The second kappa shape index (κ2) is 6.78. The molecule has 0 bridgehead atoms. The second-order valence-corrected chi connectivity index (χ2v) is 4.67. The van der Waals surface area contributed by atoms with E-state index >= 15 is 0 Å². The molecule has 0 radical (unpaired) electrons. The van der Waals surface area contributed by atoms with Crippen LogP contribution in [0.25, 0.3) is 0 Å². The summed E-state index contributed by atoms with van der Waals surface area (Å²) in [5.74, 6) is -1.14. The van der Waals surface area contributed by atoms with Crippen LogP contribution in [-0.4, -0.2) is 23.1 Å². The molecule has 0 saturated carbocycles. The minimum atomic E-state index is -1.02. The van der Waals surface area contributed by atoms with Crippen LogP contribution >= 0.6 is 0 Å². The van der Waals surface area contributed by atoms with Crippen molar-refractivity contribution >= 4 is 17.7 Å². The number of carbonyl (C=O) groups excluding carboxylic acids is 1. The number of hydrogen-bond acceptors (Lipinski definition) is 2. The van der Waals surface area contributed by atoms with Crippen molar-refractivity contribution < 1.29 is 14.7 Å². The first-order valence-corrected chi connectivity index (χ1v) is 6.31. The van der Waals surface area contributed by atoms with E-state index in [9.17, 15) is 9.59 Å². The van der Waals surface area contributed by atoms with Crippen molar-refractivity contribution in [1.29, 1.82) is 0 Å². The molecule has 2 unspecified atom stereocenters. The van der Waals surface area contributed by atoms with Gasteiger partial charge in [-0.3, -0.25) is 0 Å². The number of carbonyl (C=O) groups is 2.